The largest absolute Gasteiger partial charge is 0.783 e. The number of aliphatic imine (C=N–C) groups is 1. The SMILES string of the molecule is CC(C)(O)[C@]1(CC2=C(c3ccn(C(F)F)n3)[C@H](c3ccc(F)cc3Cl)N=C(c3nccs3)N2)COCN1[O-]. The molecule has 0 radical (unpaired) electrons. The van der Waals surface area contributed by atoms with E-state index in [1.54, 1.807) is 11.6 Å². The fourth-order valence-electron chi connectivity index (χ4n) is 4.65. The summed E-state index contributed by atoms with van der Waals surface area (Å²) in [5.41, 5.74) is -1.73. The van der Waals surface area contributed by atoms with Gasteiger partial charge in [0.1, 0.15) is 11.9 Å². The summed E-state index contributed by atoms with van der Waals surface area (Å²) >= 11 is 7.76. The molecule has 2 atom stereocenters. The van der Waals surface area contributed by atoms with E-state index >= 15 is 0 Å². The van der Waals surface area contributed by atoms with Crippen molar-refractivity contribution in [3.8, 4) is 0 Å². The lowest BCUT2D eigenvalue weighted by Gasteiger charge is -2.50. The van der Waals surface area contributed by atoms with E-state index in [-0.39, 0.29) is 30.5 Å². The number of halogens is 4. The zero-order chi connectivity index (χ0) is 27.2. The second-order valence-electron chi connectivity index (χ2n) is 9.48. The van der Waals surface area contributed by atoms with Gasteiger partial charge in [-0.25, -0.2) is 14.1 Å². The Morgan fingerprint density at radius 1 is 1.37 bits per heavy atom. The molecule has 3 aromatic rings. The number of hydrogen-bond acceptors (Lipinski definition) is 9. The zero-order valence-electron chi connectivity index (χ0n) is 20.2. The van der Waals surface area contributed by atoms with Gasteiger partial charge in [0.2, 0.25) is 0 Å². The van der Waals surface area contributed by atoms with E-state index in [1.807, 2.05) is 0 Å². The van der Waals surface area contributed by atoms with Crippen molar-refractivity contribution in [3.63, 3.8) is 0 Å². The lowest BCUT2D eigenvalue weighted by Crippen LogP contribution is -2.59. The van der Waals surface area contributed by atoms with E-state index < -0.39 is 29.5 Å². The third kappa shape index (κ3) is 4.74. The number of hydrogen-bond donors (Lipinski definition) is 2. The summed E-state index contributed by atoms with van der Waals surface area (Å²) in [5, 5.41) is 34.5. The lowest BCUT2D eigenvalue weighted by atomic mass is 9.77. The topological polar surface area (TPSA) is 111 Å². The van der Waals surface area contributed by atoms with Crippen LogP contribution in [0.3, 0.4) is 0 Å². The molecule has 0 aliphatic carbocycles. The van der Waals surface area contributed by atoms with Gasteiger partial charge in [0.15, 0.2) is 10.8 Å². The zero-order valence-corrected chi connectivity index (χ0v) is 21.8. The Morgan fingerprint density at radius 3 is 2.74 bits per heavy atom. The summed E-state index contributed by atoms with van der Waals surface area (Å²) < 4.78 is 46.9. The summed E-state index contributed by atoms with van der Waals surface area (Å²) in [6.07, 6.45) is 2.63. The number of alkyl halides is 2. The molecule has 4 heterocycles. The number of aromatic nitrogens is 3. The normalized spacial score (nSPS) is 22.8. The maximum Gasteiger partial charge on any atom is 0.333 e. The highest BCUT2D eigenvalue weighted by Gasteiger charge is 2.50. The summed E-state index contributed by atoms with van der Waals surface area (Å²) in [7, 11) is 0. The Morgan fingerprint density at radius 2 is 2.16 bits per heavy atom. The van der Waals surface area contributed by atoms with Crippen LogP contribution in [-0.4, -0.2) is 55.2 Å². The molecular weight excluding hydrogens is 545 g/mol. The summed E-state index contributed by atoms with van der Waals surface area (Å²) in [5.74, 6) is -0.227. The van der Waals surface area contributed by atoms with Crippen molar-refractivity contribution in [2.24, 2.45) is 4.99 Å². The minimum absolute atomic E-state index is 0.0659. The van der Waals surface area contributed by atoms with Gasteiger partial charge >= 0.3 is 6.55 Å². The van der Waals surface area contributed by atoms with Crippen molar-refractivity contribution < 1.29 is 23.0 Å². The number of rotatable bonds is 7. The van der Waals surface area contributed by atoms with Crippen molar-refractivity contribution in [2.45, 2.75) is 44.0 Å². The third-order valence-electron chi connectivity index (χ3n) is 6.74. The van der Waals surface area contributed by atoms with Gasteiger partial charge in [0, 0.05) is 46.1 Å². The standard InChI is InChI=1S/C24H23ClF3N6O3S/c1-23(2,35)24(11-37-12-34(24)36)10-17-18(16-5-7-33(32-16)22(27)28)19(14-4-3-13(26)9-15(14)25)31-20(30-17)21-29-6-8-38-21/h3-9,19,22,35H,10-12H2,1-2H3,(H,30,31)/q-1/t19-,24-/m0/s1. The van der Waals surface area contributed by atoms with E-state index in [0.29, 0.717) is 37.4 Å². The minimum atomic E-state index is -2.89. The molecule has 2 aliphatic heterocycles. The Labute approximate surface area is 224 Å². The van der Waals surface area contributed by atoms with Gasteiger partial charge in [-0.1, -0.05) is 17.7 Å². The highest BCUT2D eigenvalue weighted by atomic mass is 35.5. The molecule has 38 heavy (non-hydrogen) atoms. The average molecular weight is 568 g/mol. The fourth-order valence-corrected chi connectivity index (χ4v) is 5.50. The first-order valence-electron chi connectivity index (χ1n) is 11.5. The number of ether oxygens (including phenoxy) is 1. The Hall–Kier alpha value is -2.81. The fraction of sp³-hybridized carbons (Fsp3) is 0.375. The molecule has 1 aromatic carbocycles. The van der Waals surface area contributed by atoms with Crippen LogP contribution in [-0.2, 0) is 4.74 Å². The van der Waals surface area contributed by atoms with Crippen LogP contribution in [0.4, 0.5) is 13.2 Å². The summed E-state index contributed by atoms with van der Waals surface area (Å²) in [6, 6.07) is 4.28. The van der Waals surface area contributed by atoms with E-state index in [2.05, 4.69) is 15.4 Å². The van der Waals surface area contributed by atoms with Crippen molar-refractivity contribution >= 4 is 34.3 Å². The van der Waals surface area contributed by atoms with Crippen LogP contribution in [0.1, 0.15) is 49.1 Å². The number of thiazole rings is 1. The summed E-state index contributed by atoms with van der Waals surface area (Å²) in [4.78, 5) is 9.11. The molecule has 2 aliphatic rings. The molecule has 9 nitrogen and oxygen atoms in total. The molecule has 0 spiro atoms. The number of hydroxylamine groups is 2. The highest BCUT2D eigenvalue weighted by molar-refractivity contribution is 7.11. The molecule has 2 aromatic heterocycles. The van der Waals surface area contributed by atoms with Crippen LogP contribution in [0, 0.1) is 11.0 Å². The summed E-state index contributed by atoms with van der Waals surface area (Å²) in [6.45, 7) is -0.228. The van der Waals surface area contributed by atoms with Gasteiger partial charge < -0.3 is 25.4 Å². The van der Waals surface area contributed by atoms with Crippen LogP contribution in [0.5, 0.6) is 0 Å². The number of amidine groups is 1. The molecule has 202 valence electrons. The second kappa shape index (κ2) is 10.1. The molecule has 0 bridgehead atoms. The van der Waals surface area contributed by atoms with Gasteiger partial charge in [-0.05, 0) is 32.0 Å². The second-order valence-corrected chi connectivity index (χ2v) is 10.8. The van der Waals surface area contributed by atoms with Crippen LogP contribution >= 0.6 is 22.9 Å². The Balaban J connectivity index is 1.75. The smallest absolute Gasteiger partial charge is 0.333 e. The van der Waals surface area contributed by atoms with Crippen LogP contribution in [0.15, 0.2) is 52.7 Å². The van der Waals surface area contributed by atoms with Gasteiger partial charge in [-0.15, -0.1) is 11.3 Å². The monoisotopic (exact) mass is 567 g/mol. The average Bonchev–Trinajstić information content (AvgIpc) is 3.60. The predicted octanol–water partition coefficient (Wildman–Crippen LogP) is 4.72. The molecule has 5 rings (SSSR count). The quantitative estimate of drug-likeness (QED) is 0.425. The molecular formula is C24H23ClF3N6O3S-. The first kappa shape index (κ1) is 26.8. The number of benzene rings is 1. The molecule has 1 fully saturated rings. The van der Waals surface area contributed by atoms with Gasteiger partial charge in [0.05, 0.1) is 30.2 Å². The van der Waals surface area contributed by atoms with Crippen LogP contribution in [0.2, 0.25) is 5.02 Å². The molecule has 2 N–H and O–H groups in total. The minimum Gasteiger partial charge on any atom is -0.783 e. The number of nitrogens with zero attached hydrogens (tertiary/aromatic N) is 5. The maximum atomic E-state index is 14.0. The van der Waals surface area contributed by atoms with Gasteiger partial charge in [0.25, 0.3) is 0 Å². The Kier molecular flexibility index (Phi) is 7.09. The van der Waals surface area contributed by atoms with Crippen molar-refractivity contribution in [2.75, 3.05) is 13.3 Å². The van der Waals surface area contributed by atoms with Gasteiger partial charge in [-0.3, -0.25) is 4.99 Å². The highest BCUT2D eigenvalue weighted by Crippen LogP contribution is 2.45. The van der Waals surface area contributed by atoms with Gasteiger partial charge in [-0.2, -0.15) is 13.9 Å². The third-order valence-corrected chi connectivity index (χ3v) is 7.84. The molecule has 0 saturated carbocycles. The van der Waals surface area contributed by atoms with Crippen molar-refractivity contribution in [3.05, 3.63) is 80.0 Å². The first-order valence-corrected chi connectivity index (χ1v) is 12.8. The van der Waals surface area contributed by atoms with Crippen molar-refractivity contribution in [1.29, 1.82) is 0 Å². The molecule has 0 amide bonds. The van der Waals surface area contributed by atoms with Crippen LogP contribution in [0.25, 0.3) is 5.57 Å². The molecule has 1 saturated heterocycles. The van der Waals surface area contributed by atoms with E-state index in [9.17, 15) is 23.5 Å². The first-order chi connectivity index (χ1) is 18.0. The van der Waals surface area contributed by atoms with Crippen molar-refractivity contribution in [1.82, 2.24) is 25.1 Å². The van der Waals surface area contributed by atoms with E-state index in [0.717, 1.165) is 12.3 Å². The molecule has 14 heteroatoms. The maximum absolute atomic E-state index is 14.0. The van der Waals surface area contributed by atoms with E-state index in [4.69, 9.17) is 21.3 Å². The molecule has 0 unspecified atom stereocenters. The van der Waals surface area contributed by atoms with E-state index in [1.165, 1.54) is 43.4 Å². The number of aliphatic hydroxyl groups is 1. The number of nitrogens with one attached hydrogen (secondary N) is 1. The lowest BCUT2D eigenvalue weighted by molar-refractivity contribution is -0.0526. The van der Waals surface area contributed by atoms with Crippen LogP contribution < -0.4 is 5.32 Å². The Bertz CT molecular complexity index is 1390. The predicted molar refractivity (Wildman–Crippen MR) is 136 cm³/mol.